The Morgan fingerprint density at radius 1 is 0.903 bits per heavy atom. The summed E-state index contributed by atoms with van der Waals surface area (Å²) in [5.74, 6) is 0.582. The maximum absolute atomic E-state index is 12.5. The van der Waals surface area contributed by atoms with Gasteiger partial charge in [0.05, 0.1) is 9.79 Å². The number of nitrogens with two attached hydrogens (primary N) is 1. The number of anilines is 3. The van der Waals surface area contributed by atoms with Crippen LogP contribution in [0.2, 0.25) is 0 Å². The van der Waals surface area contributed by atoms with Gasteiger partial charge in [-0.2, -0.15) is 0 Å². The fourth-order valence-corrected chi connectivity index (χ4v) is 4.86. The van der Waals surface area contributed by atoms with Crippen molar-refractivity contribution in [2.45, 2.75) is 16.7 Å². The van der Waals surface area contributed by atoms with E-state index in [9.17, 15) is 16.8 Å². The number of primary sulfonamides is 1. The number of nitrogens with one attached hydrogen (secondary N) is 2. The van der Waals surface area contributed by atoms with Crippen LogP contribution in [0.5, 0.6) is 0 Å². The lowest BCUT2D eigenvalue weighted by atomic mass is 10.1. The average molecular weight is 459 g/mol. The van der Waals surface area contributed by atoms with E-state index in [-0.39, 0.29) is 15.6 Å². The second-order valence-corrected chi connectivity index (χ2v) is 9.99. The van der Waals surface area contributed by atoms with Gasteiger partial charge in [0.25, 0.3) is 10.0 Å². The molecule has 0 bridgehead atoms. The van der Waals surface area contributed by atoms with Crippen LogP contribution >= 0.6 is 0 Å². The number of hydrogen-bond acceptors (Lipinski definition) is 7. The molecular formula is C20H18N4O5S2. The van der Waals surface area contributed by atoms with Gasteiger partial charge in [0.1, 0.15) is 5.76 Å². The lowest BCUT2D eigenvalue weighted by Crippen LogP contribution is -2.13. The molecule has 0 spiro atoms. The summed E-state index contributed by atoms with van der Waals surface area (Å²) in [6.45, 7) is 1.66. The third-order valence-electron chi connectivity index (χ3n) is 4.50. The molecule has 31 heavy (non-hydrogen) atoms. The molecule has 1 aromatic heterocycles. The van der Waals surface area contributed by atoms with Crippen molar-refractivity contribution < 1.29 is 21.4 Å². The molecule has 4 rings (SSSR count). The number of aryl methyl sites for hydroxylation is 1. The summed E-state index contributed by atoms with van der Waals surface area (Å²) in [6.07, 6.45) is 0. The van der Waals surface area contributed by atoms with E-state index in [2.05, 4.69) is 15.2 Å². The average Bonchev–Trinajstić information content (AvgIpc) is 3.11. The van der Waals surface area contributed by atoms with Crippen molar-refractivity contribution in [2.75, 3.05) is 10.0 Å². The Morgan fingerprint density at radius 2 is 1.58 bits per heavy atom. The summed E-state index contributed by atoms with van der Waals surface area (Å²) >= 11 is 0. The maximum Gasteiger partial charge on any atom is 0.263 e. The molecule has 0 saturated carbocycles. The number of hydrogen-bond donors (Lipinski definition) is 3. The Balaban J connectivity index is 1.62. The third kappa shape index (κ3) is 4.38. The van der Waals surface area contributed by atoms with E-state index in [0.29, 0.717) is 27.9 Å². The molecule has 0 aliphatic rings. The monoisotopic (exact) mass is 458 g/mol. The van der Waals surface area contributed by atoms with Crippen molar-refractivity contribution in [2.24, 2.45) is 5.14 Å². The highest BCUT2D eigenvalue weighted by molar-refractivity contribution is 7.92. The number of rotatable bonds is 6. The topological polar surface area (TPSA) is 144 Å². The minimum Gasteiger partial charge on any atom is -0.360 e. The lowest BCUT2D eigenvalue weighted by molar-refractivity contribution is 0.400. The zero-order chi connectivity index (χ0) is 22.2. The second kappa shape index (κ2) is 7.69. The molecule has 1 heterocycles. The predicted molar refractivity (Wildman–Crippen MR) is 117 cm³/mol. The van der Waals surface area contributed by atoms with Crippen LogP contribution in [-0.2, 0) is 20.0 Å². The van der Waals surface area contributed by atoms with Crippen molar-refractivity contribution >= 4 is 48.0 Å². The van der Waals surface area contributed by atoms with Crippen LogP contribution in [0.25, 0.3) is 10.8 Å². The zero-order valence-electron chi connectivity index (χ0n) is 16.2. The number of benzene rings is 3. The molecule has 0 saturated heterocycles. The number of sulfonamides is 2. The third-order valence-corrected chi connectivity index (χ3v) is 6.84. The molecule has 0 fully saturated rings. The first kappa shape index (κ1) is 20.8. The highest BCUT2D eigenvalue weighted by Crippen LogP contribution is 2.30. The van der Waals surface area contributed by atoms with Crippen molar-refractivity contribution in [3.05, 3.63) is 72.5 Å². The van der Waals surface area contributed by atoms with E-state index in [1.165, 1.54) is 24.3 Å². The van der Waals surface area contributed by atoms with Crippen LogP contribution in [0.15, 0.2) is 81.0 Å². The highest BCUT2D eigenvalue weighted by Gasteiger charge is 2.17. The van der Waals surface area contributed by atoms with Crippen molar-refractivity contribution in [3.8, 4) is 0 Å². The first-order valence-electron chi connectivity index (χ1n) is 9.01. The van der Waals surface area contributed by atoms with Gasteiger partial charge in [-0.15, -0.1) is 0 Å². The smallest absolute Gasteiger partial charge is 0.263 e. The van der Waals surface area contributed by atoms with Gasteiger partial charge in [0.2, 0.25) is 10.0 Å². The summed E-state index contributed by atoms with van der Waals surface area (Å²) < 4.78 is 55.9. The molecule has 0 unspecified atom stereocenters. The van der Waals surface area contributed by atoms with Crippen LogP contribution in [0, 0.1) is 6.92 Å². The largest absolute Gasteiger partial charge is 0.360 e. The van der Waals surface area contributed by atoms with Gasteiger partial charge >= 0.3 is 0 Å². The second-order valence-electron chi connectivity index (χ2n) is 6.78. The highest BCUT2D eigenvalue weighted by atomic mass is 32.2. The normalized spacial score (nSPS) is 12.1. The van der Waals surface area contributed by atoms with E-state index in [4.69, 9.17) is 9.66 Å². The quantitative estimate of drug-likeness (QED) is 0.402. The molecule has 4 N–H and O–H groups in total. The summed E-state index contributed by atoms with van der Waals surface area (Å²) in [6, 6.07) is 17.6. The van der Waals surface area contributed by atoms with E-state index in [0.717, 1.165) is 0 Å². The van der Waals surface area contributed by atoms with Gasteiger partial charge in [-0.05, 0) is 43.3 Å². The fourth-order valence-electron chi connectivity index (χ4n) is 3.12. The predicted octanol–water partition coefficient (Wildman–Crippen LogP) is 3.33. The fraction of sp³-hybridized carbons (Fsp3) is 0.0500. The first-order chi connectivity index (χ1) is 14.6. The molecule has 11 heteroatoms. The van der Waals surface area contributed by atoms with Gasteiger partial charge < -0.3 is 9.84 Å². The number of nitrogens with zero attached hydrogens (tertiary/aromatic N) is 1. The van der Waals surface area contributed by atoms with Crippen LogP contribution in [-0.4, -0.2) is 22.0 Å². The maximum atomic E-state index is 12.5. The Kier molecular flexibility index (Phi) is 5.17. The summed E-state index contributed by atoms with van der Waals surface area (Å²) in [5.41, 5.74) is 1.26. The summed E-state index contributed by atoms with van der Waals surface area (Å²) in [7, 11) is -7.71. The first-order valence-corrected chi connectivity index (χ1v) is 12.0. The van der Waals surface area contributed by atoms with E-state index in [1.807, 2.05) is 0 Å². The van der Waals surface area contributed by atoms with Crippen molar-refractivity contribution in [3.63, 3.8) is 0 Å². The standard InChI is InChI=1S/C20H18N4O5S2/c1-13-12-20(23-29-13)24-31(27,28)15-10-8-14(9-11-15)22-18-6-2-5-17-16(18)4-3-7-19(17)30(21,25)26/h2-12,22H,1H3,(H,23,24)(H2,21,25,26). The number of aromatic nitrogens is 1. The molecule has 0 aliphatic carbocycles. The zero-order valence-corrected chi connectivity index (χ0v) is 17.9. The van der Waals surface area contributed by atoms with Gasteiger partial charge in [0.15, 0.2) is 5.82 Å². The summed E-state index contributed by atoms with van der Waals surface area (Å²) in [5, 5.41) is 13.3. The molecule has 0 amide bonds. The molecular weight excluding hydrogens is 440 g/mol. The molecule has 0 aliphatic heterocycles. The molecule has 0 atom stereocenters. The Labute approximate surface area is 179 Å². The summed E-state index contributed by atoms with van der Waals surface area (Å²) in [4.78, 5) is 0.0809. The molecule has 0 radical (unpaired) electrons. The minimum atomic E-state index is -3.88. The lowest BCUT2D eigenvalue weighted by Gasteiger charge is -2.12. The van der Waals surface area contributed by atoms with Crippen molar-refractivity contribution in [1.29, 1.82) is 0 Å². The van der Waals surface area contributed by atoms with Crippen LogP contribution in [0.4, 0.5) is 17.2 Å². The van der Waals surface area contributed by atoms with Crippen LogP contribution in [0.3, 0.4) is 0 Å². The van der Waals surface area contributed by atoms with E-state index in [1.54, 1.807) is 49.4 Å². The van der Waals surface area contributed by atoms with Gasteiger partial charge in [-0.3, -0.25) is 4.72 Å². The van der Waals surface area contributed by atoms with E-state index >= 15 is 0 Å². The Morgan fingerprint density at radius 3 is 2.23 bits per heavy atom. The van der Waals surface area contributed by atoms with Gasteiger partial charge in [-0.1, -0.05) is 29.4 Å². The van der Waals surface area contributed by atoms with Crippen LogP contribution in [0.1, 0.15) is 5.76 Å². The van der Waals surface area contributed by atoms with Crippen molar-refractivity contribution in [1.82, 2.24) is 5.16 Å². The van der Waals surface area contributed by atoms with Crippen LogP contribution < -0.4 is 15.2 Å². The Bertz CT molecular complexity index is 1480. The van der Waals surface area contributed by atoms with Gasteiger partial charge in [-0.25, -0.2) is 22.0 Å². The molecule has 4 aromatic rings. The van der Waals surface area contributed by atoms with E-state index < -0.39 is 20.0 Å². The molecule has 3 aromatic carbocycles. The molecule has 9 nitrogen and oxygen atoms in total. The SMILES string of the molecule is Cc1cc(NS(=O)(=O)c2ccc(Nc3cccc4c(S(N)(=O)=O)cccc34)cc2)no1. The number of fused-ring (bicyclic) bond motifs is 1. The Hall–Kier alpha value is -3.41. The van der Waals surface area contributed by atoms with Gasteiger partial charge in [0, 0.05) is 28.2 Å². The minimum absolute atomic E-state index is 0.0317. The molecule has 160 valence electrons.